The number of nitrogens with one attached hydrogen (secondary N) is 2. The Bertz CT molecular complexity index is 924. The van der Waals surface area contributed by atoms with Crippen LogP contribution in [0.1, 0.15) is 49.5 Å². The summed E-state index contributed by atoms with van der Waals surface area (Å²) in [7, 11) is 0. The molecule has 2 aliphatic rings. The number of aromatic nitrogens is 2. The van der Waals surface area contributed by atoms with Crippen LogP contribution in [-0.2, 0) is 9.59 Å². The van der Waals surface area contributed by atoms with E-state index in [4.69, 9.17) is 0 Å². The summed E-state index contributed by atoms with van der Waals surface area (Å²) in [5.41, 5.74) is 0.962. The molecule has 8 nitrogen and oxygen atoms in total. The van der Waals surface area contributed by atoms with Crippen molar-refractivity contribution in [3.05, 3.63) is 30.0 Å². The van der Waals surface area contributed by atoms with E-state index in [0.29, 0.717) is 11.8 Å². The van der Waals surface area contributed by atoms with Crippen molar-refractivity contribution >= 4 is 28.7 Å². The van der Waals surface area contributed by atoms with Gasteiger partial charge in [0, 0.05) is 11.4 Å². The van der Waals surface area contributed by atoms with Crippen LogP contribution in [0, 0.1) is 5.92 Å². The van der Waals surface area contributed by atoms with Crippen LogP contribution in [0.25, 0.3) is 10.9 Å². The van der Waals surface area contributed by atoms with Crippen LogP contribution in [0.3, 0.4) is 0 Å². The van der Waals surface area contributed by atoms with Crippen LogP contribution in [0.15, 0.2) is 24.3 Å². The first-order chi connectivity index (χ1) is 13.5. The molecule has 1 saturated heterocycles. The van der Waals surface area contributed by atoms with Gasteiger partial charge in [0.05, 0.1) is 5.52 Å². The number of hydrogen-bond acceptors (Lipinski definition) is 4. The number of rotatable bonds is 4. The minimum atomic E-state index is -0.973. The average molecular weight is 384 g/mol. The Kier molecular flexibility index (Phi) is 4.78. The monoisotopic (exact) mass is 384 g/mol. The first kappa shape index (κ1) is 18.5. The summed E-state index contributed by atoms with van der Waals surface area (Å²) in [4.78, 5) is 39.0. The Morgan fingerprint density at radius 1 is 1.25 bits per heavy atom. The van der Waals surface area contributed by atoms with Crippen molar-refractivity contribution in [3.8, 4) is 0 Å². The van der Waals surface area contributed by atoms with Gasteiger partial charge >= 0.3 is 5.97 Å². The molecule has 1 aromatic carbocycles. The van der Waals surface area contributed by atoms with Crippen molar-refractivity contribution in [3.63, 3.8) is 0 Å². The lowest BCUT2D eigenvalue weighted by molar-refractivity contribution is -0.150. The quantitative estimate of drug-likeness (QED) is 0.745. The fourth-order valence-corrected chi connectivity index (χ4v) is 4.68. The number of aromatic amines is 1. The number of carboxylic acid groups (broad SMARTS) is 1. The molecule has 28 heavy (non-hydrogen) atoms. The van der Waals surface area contributed by atoms with E-state index >= 15 is 0 Å². The lowest BCUT2D eigenvalue weighted by Crippen LogP contribution is -2.53. The van der Waals surface area contributed by atoms with Crippen LogP contribution >= 0.6 is 0 Å². The Balaban J connectivity index is 1.52. The summed E-state index contributed by atoms with van der Waals surface area (Å²) in [6.07, 6.45) is 4.35. The maximum Gasteiger partial charge on any atom is 0.326 e. The molecule has 2 fully saturated rings. The lowest BCUT2D eigenvalue weighted by Gasteiger charge is -2.34. The van der Waals surface area contributed by atoms with E-state index in [1.807, 2.05) is 18.2 Å². The van der Waals surface area contributed by atoms with Crippen molar-refractivity contribution in [1.29, 1.82) is 0 Å². The highest BCUT2D eigenvalue weighted by Crippen LogP contribution is 2.40. The SMILES string of the molecule is CC(NC(=O)c1n[nH]c2ccccc12)C(=O)N1C(C(=O)O)CC2CCCCC21. The van der Waals surface area contributed by atoms with E-state index in [1.54, 1.807) is 13.0 Å². The van der Waals surface area contributed by atoms with Gasteiger partial charge in [0.15, 0.2) is 5.69 Å². The van der Waals surface area contributed by atoms with Gasteiger partial charge in [-0.1, -0.05) is 31.0 Å². The molecule has 8 heteroatoms. The van der Waals surface area contributed by atoms with Crippen molar-refractivity contribution in [2.24, 2.45) is 5.92 Å². The van der Waals surface area contributed by atoms with E-state index in [1.165, 1.54) is 4.90 Å². The normalized spacial score (nSPS) is 25.3. The van der Waals surface area contributed by atoms with E-state index < -0.39 is 24.0 Å². The number of benzene rings is 1. The fraction of sp³-hybridized carbons (Fsp3) is 0.500. The van der Waals surface area contributed by atoms with Crippen molar-refractivity contribution < 1.29 is 19.5 Å². The Hall–Kier alpha value is -2.90. The lowest BCUT2D eigenvalue weighted by atomic mass is 9.84. The number of nitrogens with zero attached hydrogens (tertiary/aromatic N) is 2. The third-order valence-electron chi connectivity index (χ3n) is 6.03. The number of carboxylic acids is 1. The summed E-state index contributed by atoms with van der Waals surface area (Å²) < 4.78 is 0. The van der Waals surface area contributed by atoms with Gasteiger partial charge in [-0.2, -0.15) is 5.10 Å². The third-order valence-corrected chi connectivity index (χ3v) is 6.03. The standard InChI is InChI=1S/C20H24N4O4/c1-11(21-18(25)17-13-7-3-4-8-14(13)22-23-17)19(26)24-15-9-5-2-6-12(15)10-16(24)20(27)28/h3-4,7-8,11-12,15-16H,2,5-6,9-10H2,1H3,(H,21,25)(H,22,23)(H,27,28). The second-order valence-electron chi connectivity index (χ2n) is 7.76. The highest BCUT2D eigenvalue weighted by Gasteiger charge is 2.48. The van der Waals surface area contributed by atoms with Crippen molar-refractivity contribution in [1.82, 2.24) is 20.4 Å². The molecule has 1 aromatic heterocycles. The second kappa shape index (κ2) is 7.26. The van der Waals surface area contributed by atoms with E-state index in [9.17, 15) is 19.5 Å². The van der Waals surface area contributed by atoms with Gasteiger partial charge in [-0.25, -0.2) is 4.79 Å². The largest absolute Gasteiger partial charge is 0.480 e. The van der Waals surface area contributed by atoms with Gasteiger partial charge in [-0.3, -0.25) is 14.7 Å². The first-order valence-electron chi connectivity index (χ1n) is 9.76. The summed E-state index contributed by atoms with van der Waals surface area (Å²) in [5.74, 6) is -1.53. The highest BCUT2D eigenvalue weighted by atomic mass is 16.4. The van der Waals surface area contributed by atoms with Gasteiger partial charge in [-0.05, 0) is 38.2 Å². The van der Waals surface area contributed by atoms with Crippen LogP contribution in [0.2, 0.25) is 0 Å². The Morgan fingerprint density at radius 2 is 2.00 bits per heavy atom. The summed E-state index contributed by atoms with van der Waals surface area (Å²) in [6.45, 7) is 1.60. The van der Waals surface area contributed by atoms with E-state index in [2.05, 4.69) is 15.5 Å². The highest BCUT2D eigenvalue weighted by molar-refractivity contribution is 6.06. The number of carbonyl (C=O) groups is 3. The molecule has 148 valence electrons. The van der Waals surface area contributed by atoms with Gasteiger partial charge in [0.25, 0.3) is 5.91 Å². The molecule has 2 amide bonds. The van der Waals surface area contributed by atoms with Crippen molar-refractivity contribution in [2.45, 2.75) is 57.2 Å². The number of hydrogen-bond donors (Lipinski definition) is 3. The smallest absolute Gasteiger partial charge is 0.326 e. The number of H-pyrrole nitrogens is 1. The molecule has 0 bridgehead atoms. The predicted octanol–water partition coefficient (Wildman–Crippen LogP) is 1.93. The molecule has 4 rings (SSSR count). The molecular formula is C20H24N4O4. The minimum Gasteiger partial charge on any atom is -0.480 e. The van der Waals surface area contributed by atoms with E-state index in [-0.39, 0.29) is 23.6 Å². The molecule has 2 aromatic rings. The number of carbonyl (C=O) groups excluding carboxylic acids is 2. The molecule has 1 aliphatic heterocycles. The second-order valence-corrected chi connectivity index (χ2v) is 7.76. The summed E-state index contributed by atoms with van der Waals surface area (Å²) in [6, 6.07) is 5.57. The number of likely N-dealkylation sites (tertiary alicyclic amines) is 1. The molecule has 4 unspecified atom stereocenters. The fourth-order valence-electron chi connectivity index (χ4n) is 4.68. The maximum atomic E-state index is 13.1. The van der Waals surface area contributed by atoms with E-state index in [0.717, 1.165) is 31.2 Å². The van der Waals surface area contributed by atoms with Gasteiger partial charge < -0.3 is 15.3 Å². The molecule has 2 heterocycles. The predicted molar refractivity (Wildman–Crippen MR) is 102 cm³/mol. The summed E-state index contributed by atoms with van der Waals surface area (Å²) >= 11 is 0. The number of aliphatic carboxylic acids is 1. The molecule has 3 N–H and O–H groups in total. The molecule has 1 saturated carbocycles. The van der Waals surface area contributed by atoms with Crippen LogP contribution in [0.4, 0.5) is 0 Å². The number of amides is 2. The molecule has 0 spiro atoms. The van der Waals surface area contributed by atoms with Crippen LogP contribution < -0.4 is 5.32 Å². The molecule has 4 atom stereocenters. The first-order valence-corrected chi connectivity index (χ1v) is 9.76. The van der Waals surface area contributed by atoms with Gasteiger partial charge in [0.1, 0.15) is 12.1 Å². The zero-order valence-corrected chi connectivity index (χ0v) is 15.7. The topological polar surface area (TPSA) is 115 Å². The van der Waals surface area contributed by atoms with Crippen molar-refractivity contribution in [2.75, 3.05) is 0 Å². The molecular weight excluding hydrogens is 360 g/mol. The number of fused-ring (bicyclic) bond motifs is 2. The Morgan fingerprint density at radius 3 is 2.79 bits per heavy atom. The van der Waals surface area contributed by atoms with Crippen LogP contribution in [0.5, 0.6) is 0 Å². The minimum absolute atomic E-state index is 0.0482. The maximum absolute atomic E-state index is 13.1. The van der Waals surface area contributed by atoms with Gasteiger partial charge in [-0.15, -0.1) is 0 Å². The molecule has 1 aliphatic carbocycles. The average Bonchev–Trinajstić information content (AvgIpc) is 3.29. The molecule has 0 radical (unpaired) electrons. The Labute approximate surface area is 162 Å². The van der Waals surface area contributed by atoms with Gasteiger partial charge in [0.2, 0.25) is 5.91 Å². The third kappa shape index (κ3) is 3.12. The van der Waals surface area contributed by atoms with Crippen LogP contribution in [-0.4, -0.2) is 56.1 Å². The zero-order chi connectivity index (χ0) is 19.8. The summed E-state index contributed by atoms with van der Waals surface area (Å²) in [5, 5.41) is 19.9. The zero-order valence-electron chi connectivity index (χ0n) is 15.7. The number of para-hydroxylation sites is 1.